The molecule has 0 amide bonds. The average molecular weight is 255 g/mol. The Labute approximate surface area is 115 Å². The second-order valence-corrected chi connectivity index (χ2v) is 4.95. The molecule has 1 unspecified atom stereocenters. The molecule has 19 heavy (non-hydrogen) atoms. The van der Waals surface area contributed by atoms with Crippen LogP contribution in [0.15, 0.2) is 54.6 Å². The number of benzene rings is 2. The van der Waals surface area contributed by atoms with Crippen molar-refractivity contribution < 1.29 is 5.11 Å². The summed E-state index contributed by atoms with van der Waals surface area (Å²) in [6.07, 6.45) is 0.649. The first kappa shape index (κ1) is 13.8. The highest BCUT2D eigenvalue weighted by atomic mass is 16.3. The predicted molar refractivity (Wildman–Crippen MR) is 79.2 cm³/mol. The molecule has 0 saturated heterocycles. The second kappa shape index (κ2) is 6.00. The number of hydrogen-bond acceptors (Lipinski definition) is 2. The van der Waals surface area contributed by atoms with E-state index in [0.29, 0.717) is 6.42 Å². The maximum atomic E-state index is 11.1. The fourth-order valence-electron chi connectivity index (χ4n) is 2.30. The van der Waals surface area contributed by atoms with Crippen molar-refractivity contribution >= 4 is 0 Å². The predicted octanol–water partition coefficient (Wildman–Crippen LogP) is 2.84. The molecule has 2 aromatic carbocycles. The third-order valence-corrected chi connectivity index (χ3v) is 3.52. The lowest BCUT2D eigenvalue weighted by Crippen LogP contribution is -2.31. The fourth-order valence-corrected chi connectivity index (χ4v) is 2.30. The van der Waals surface area contributed by atoms with Gasteiger partial charge in [0, 0.05) is 0 Å². The quantitative estimate of drug-likeness (QED) is 0.861. The normalized spacial score (nSPS) is 14.1. The lowest BCUT2D eigenvalue weighted by molar-refractivity contribution is 0.0717. The molecule has 0 radical (unpaired) electrons. The van der Waals surface area contributed by atoms with E-state index in [0.717, 1.165) is 17.7 Å². The average Bonchev–Trinajstić information content (AvgIpc) is 2.46. The molecule has 2 rings (SSSR count). The van der Waals surface area contributed by atoms with Gasteiger partial charge in [-0.2, -0.15) is 0 Å². The Morgan fingerprint density at radius 3 is 2.11 bits per heavy atom. The molecule has 100 valence electrons. The third-order valence-electron chi connectivity index (χ3n) is 3.52. The highest BCUT2D eigenvalue weighted by molar-refractivity contribution is 5.37. The summed E-state index contributed by atoms with van der Waals surface area (Å²) in [4.78, 5) is 0. The summed E-state index contributed by atoms with van der Waals surface area (Å²) in [5.41, 5.74) is 2.15. The van der Waals surface area contributed by atoms with Gasteiger partial charge in [-0.1, -0.05) is 60.2 Å². The minimum Gasteiger partial charge on any atom is -0.380 e. The largest absolute Gasteiger partial charge is 0.380 e. The molecule has 0 aliphatic carbocycles. The SMILES string of the molecule is CNCCC(O)(c1ccccc1)c1ccc(C)cc1. The molecule has 0 fully saturated rings. The number of rotatable bonds is 5. The van der Waals surface area contributed by atoms with Gasteiger partial charge in [0.25, 0.3) is 0 Å². The Kier molecular flexibility index (Phi) is 4.35. The maximum absolute atomic E-state index is 11.1. The number of aryl methyl sites for hydroxylation is 1. The molecular weight excluding hydrogens is 234 g/mol. The molecule has 2 heteroatoms. The highest BCUT2D eigenvalue weighted by Gasteiger charge is 2.30. The van der Waals surface area contributed by atoms with Gasteiger partial charge >= 0.3 is 0 Å². The van der Waals surface area contributed by atoms with Crippen LogP contribution in [0.4, 0.5) is 0 Å². The van der Waals surface area contributed by atoms with Crippen LogP contribution in [0, 0.1) is 6.92 Å². The van der Waals surface area contributed by atoms with Crippen LogP contribution in [0.2, 0.25) is 0 Å². The Morgan fingerprint density at radius 1 is 0.947 bits per heavy atom. The summed E-state index contributed by atoms with van der Waals surface area (Å²) in [6, 6.07) is 18.0. The number of aliphatic hydroxyl groups is 1. The molecule has 0 bridgehead atoms. The summed E-state index contributed by atoms with van der Waals surface area (Å²) < 4.78 is 0. The van der Waals surface area contributed by atoms with E-state index >= 15 is 0 Å². The zero-order valence-electron chi connectivity index (χ0n) is 11.6. The van der Waals surface area contributed by atoms with Crippen molar-refractivity contribution in [2.45, 2.75) is 18.9 Å². The Hall–Kier alpha value is -1.64. The van der Waals surface area contributed by atoms with Gasteiger partial charge in [-0.15, -0.1) is 0 Å². The molecule has 0 aromatic heterocycles. The van der Waals surface area contributed by atoms with E-state index in [1.165, 1.54) is 5.56 Å². The topological polar surface area (TPSA) is 32.3 Å². The van der Waals surface area contributed by atoms with Gasteiger partial charge in [0.2, 0.25) is 0 Å². The van der Waals surface area contributed by atoms with Gasteiger partial charge in [0.1, 0.15) is 5.60 Å². The first-order valence-corrected chi connectivity index (χ1v) is 6.66. The van der Waals surface area contributed by atoms with Gasteiger partial charge in [-0.3, -0.25) is 0 Å². The smallest absolute Gasteiger partial charge is 0.116 e. The molecule has 0 aliphatic heterocycles. The summed E-state index contributed by atoms with van der Waals surface area (Å²) >= 11 is 0. The Morgan fingerprint density at radius 2 is 1.53 bits per heavy atom. The molecule has 2 nitrogen and oxygen atoms in total. The van der Waals surface area contributed by atoms with Crippen LogP contribution in [0.3, 0.4) is 0 Å². The molecule has 2 N–H and O–H groups in total. The summed E-state index contributed by atoms with van der Waals surface area (Å²) in [6.45, 7) is 2.82. The van der Waals surface area contributed by atoms with Crippen molar-refractivity contribution in [2.24, 2.45) is 0 Å². The first-order valence-electron chi connectivity index (χ1n) is 6.66. The molecule has 0 heterocycles. The Bertz CT molecular complexity index is 507. The minimum atomic E-state index is -0.933. The van der Waals surface area contributed by atoms with Gasteiger partial charge in [0.15, 0.2) is 0 Å². The van der Waals surface area contributed by atoms with E-state index in [2.05, 4.69) is 12.2 Å². The molecule has 0 aliphatic rings. The van der Waals surface area contributed by atoms with E-state index < -0.39 is 5.60 Å². The van der Waals surface area contributed by atoms with Crippen LogP contribution in [-0.2, 0) is 5.60 Å². The zero-order valence-corrected chi connectivity index (χ0v) is 11.6. The van der Waals surface area contributed by atoms with Crippen LogP contribution >= 0.6 is 0 Å². The summed E-state index contributed by atoms with van der Waals surface area (Å²) in [5.74, 6) is 0. The van der Waals surface area contributed by atoms with E-state index in [9.17, 15) is 5.11 Å². The van der Waals surface area contributed by atoms with Crippen molar-refractivity contribution in [3.63, 3.8) is 0 Å². The van der Waals surface area contributed by atoms with Crippen LogP contribution in [-0.4, -0.2) is 18.7 Å². The van der Waals surface area contributed by atoms with E-state index in [4.69, 9.17) is 0 Å². The second-order valence-electron chi connectivity index (χ2n) is 4.95. The minimum absolute atomic E-state index is 0.649. The van der Waals surface area contributed by atoms with E-state index in [1.54, 1.807) is 0 Å². The summed E-state index contributed by atoms with van der Waals surface area (Å²) in [7, 11) is 1.90. The molecular formula is C17H21NO. The van der Waals surface area contributed by atoms with Crippen molar-refractivity contribution in [1.29, 1.82) is 0 Å². The van der Waals surface area contributed by atoms with Crippen LogP contribution in [0.1, 0.15) is 23.1 Å². The van der Waals surface area contributed by atoms with Gasteiger partial charge in [-0.25, -0.2) is 0 Å². The molecule has 0 saturated carbocycles. The third kappa shape index (κ3) is 3.03. The molecule has 2 aromatic rings. The highest BCUT2D eigenvalue weighted by Crippen LogP contribution is 2.32. The zero-order chi connectivity index (χ0) is 13.7. The standard InChI is InChI=1S/C17H21NO/c1-14-8-10-16(11-9-14)17(19,12-13-18-2)15-6-4-3-5-7-15/h3-11,18-19H,12-13H2,1-2H3. The monoisotopic (exact) mass is 255 g/mol. The molecule has 1 atom stereocenters. The first-order chi connectivity index (χ1) is 9.16. The van der Waals surface area contributed by atoms with Crippen molar-refractivity contribution in [1.82, 2.24) is 5.32 Å². The van der Waals surface area contributed by atoms with Crippen LogP contribution in [0.25, 0.3) is 0 Å². The maximum Gasteiger partial charge on any atom is 0.116 e. The van der Waals surface area contributed by atoms with Gasteiger partial charge in [-0.05, 0) is 38.1 Å². The number of nitrogens with one attached hydrogen (secondary N) is 1. The van der Waals surface area contributed by atoms with Gasteiger partial charge < -0.3 is 10.4 Å². The van der Waals surface area contributed by atoms with Crippen LogP contribution in [0.5, 0.6) is 0 Å². The Balaban J connectivity index is 2.42. The van der Waals surface area contributed by atoms with Gasteiger partial charge in [0.05, 0.1) is 0 Å². The van der Waals surface area contributed by atoms with Crippen LogP contribution < -0.4 is 5.32 Å². The van der Waals surface area contributed by atoms with Crippen molar-refractivity contribution in [3.8, 4) is 0 Å². The lowest BCUT2D eigenvalue weighted by atomic mass is 9.83. The van der Waals surface area contributed by atoms with Crippen molar-refractivity contribution in [3.05, 3.63) is 71.3 Å². The fraction of sp³-hybridized carbons (Fsp3) is 0.294. The molecule has 0 spiro atoms. The van der Waals surface area contributed by atoms with E-state index in [-0.39, 0.29) is 0 Å². The van der Waals surface area contributed by atoms with E-state index in [1.807, 2.05) is 61.6 Å². The number of hydrogen-bond donors (Lipinski definition) is 2. The van der Waals surface area contributed by atoms with Crippen molar-refractivity contribution in [2.75, 3.05) is 13.6 Å². The summed E-state index contributed by atoms with van der Waals surface area (Å²) in [5, 5.41) is 14.3. The lowest BCUT2D eigenvalue weighted by Gasteiger charge is -2.29.